The van der Waals surface area contributed by atoms with E-state index in [1.807, 2.05) is 30.3 Å². The van der Waals surface area contributed by atoms with Crippen LogP contribution in [-0.2, 0) is 9.59 Å². The molecule has 0 saturated carbocycles. The molecule has 174 valence electrons. The predicted molar refractivity (Wildman–Crippen MR) is 122 cm³/mol. The summed E-state index contributed by atoms with van der Waals surface area (Å²) in [6.45, 7) is 4.02. The van der Waals surface area contributed by atoms with E-state index in [9.17, 15) is 14.4 Å². The van der Waals surface area contributed by atoms with Crippen LogP contribution >= 0.6 is 0 Å². The fourth-order valence-corrected chi connectivity index (χ4v) is 3.98. The first-order valence-electron chi connectivity index (χ1n) is 11.0. The third-order valence-electron chi connectivity index (χ3n) is 5.87. The monoisotopic (exact) mass is 452 g/mol. The molecule has 33 heavy (non-hydrogen) atoms. The van der Waals surface area contributed by atoms with E-state index < -0.39 is 18.0 Å². The molecule has 9 nitrogen and oxygen atoms in total. The number of methoxy groups -OCH3 is 1. The molecule has 2 heterocycles. The highest BCUT2D eigenvalue weighted by atomic mass is 16.5. The smallest absolute Gasteiger partial charge is 0.329 e. The summed E-state index contributed by atoms with van der Waals surface area (Å²) in [4.78, 5) is 43.0. The number of hydrogen-bond donors (Lipinski definition) is 1. The molecule has 0 aliphatic carbocycles. The third kappa shape index (κ3) is 5.43. The zero-order valence-electron chi connectivity index (χ0n) is 18.6. The van der Waals surface area contributed by atoms with Crippen LogP contribution in [0.2, 0.25) is 0 Å². The average Bonchev–Trinajstić information content (AvgIpc) is 3.12. The molecule has 0 spiro atoms. The van der Waals surface area contributed by atoms with Gasteiger partial charge in [-0.3, -0.25) is 14.5 Å². The van der Waals surface area contributed by atoms with Crippen LogP contribution in [0, 0.1) is 0 Å². The summed E-state index contributed by atoms with van der Waals surface area (Å²) in [5, 5.41) is 2.63. The summed E-state index contributed by atoms with van der Waals surface area (Å²) < 4.78 is 10.9. The van der Waals surface area contributed by atoms with Crippen molar-refractivity contribution in [2.75, 3.05) is 51.3 Å². The van der Waals surface area contributed by atoms with Crippen molar-refractivity contribution in [3.8, 4) is 11.5 Å². The van der Waals surface area contributed by atoms with E-state index in [1.165, 1.54) is 0 Å². The number of ether oxygens (including phenoxy) is 2. The summed E-state index contributed by atoms with van der Waals surface area (Å²) in [5.74, 6) is 0.919. The van der Waals surface area contributed by atoms with Gasteiger partial charge >= 0.3 is 6.03 Å². The van der Waals surface area contributed by atoms with Crippen molar-refractivity contribution in [1.82, 2.24) is 15.1 Å². The fourth-order valence-electron chi connectivity index (χ4n) is 3.98. The van der Waals surface area contributed by atoms with Crippen molar-refractivity contribution in [1.29, 1.82) is 0 Å². The maximum Gasteiger partial charge on any atom is 0.329 e. The van der Waals surface area contributed by atoms with Gasteiger partial charge in [-0.15, -0.1) is 0 Å². The van der Waals surface area contributed by atoms with Crippen LogP contribution in [0.1, 0.15) is 6.42 Å². The lowest BCUT2D eigenvalue weighted by atomic mass is 10.1. The van der Waals surface area contributed by atoms with Crippen LogP contribution in [0.25, 0.3) is 0 Å². The van der Waals surface area contributed by atoms with Gasteiger partial charge in [0, 0.05) is 32.7 Å². The molecule has 9 heteroatoms. The quantitative estimate of drug-likeness (QED) is 0.614. The Bertz CT molecular complexity index is 974. The lowest BCUT2D eigenvalue weighted by molar-refractivity contribution is -0.135. The first-order chi connectivity index (χ1) is 16.0. The normalized spacial score (nSPS) is 18.9. The molecule has 0 unspecified atom stereocenters. The SMILES string of the molecule is COc1ccc(N2C(=O)N[C@H](CC(=O)N3CCN(CCOc4ccccc4)CC3)C2=O)cc1. The second kappa shape index (κ2) is 10.4. The minimum Gasteiger partial charge on any atom is -0.497 e. The molecule has 0 aromatic heterocycles. The number of rotatable bonds is 8. The number of carbonyl (C=O) groups excluding carboxylic acids is 3. The number of nitrogens with one attached hydrogen (secondary N) is 1. The van der Waals surface area contributed by atoms with Crippen molar-refractivity contribution in [3.05, 3.63) is 54.6 Å². The number of amides is 4. The number of urea groups is 1. The van der Waals surface area contributed by atoms with Crippen molar-refractivity contribution in [2.24, 2.45) is 0 Å². The highest BCUT2D eigenvalue weighted by Crippen LogP contribution is 2.24. The number of carbonyl (C=O) groups is 3. The molecule has 2 aromatic rings. The molecular weight excluding hydrogens is 424 g/mol. The molecule has 4 amide bonds. The number of imide groups is 1. The second-order valence-corrected chi connectivity index (χ2v) is 7.96. The first-order valence-corrected chi connectivity index (χ1v) is 11.0. The molecule has 2 aliphatic rings. The Morgan fingerprint density at radius 2 is 1.67 bits per heavy atom. The fraction of sp³-hybridized carbons (Fsp3) is 0.375. The number of benzene rings is 2. The maximum atomic E-state index is 12.8. The number of nitrogens with zero attached hydrogens (tertiary/aromatic N) is 3. The van der Waals surface area contributed by atoms with Crippen LogP contribution in [-0.4, -0.2) is 80.1 Å². The van der Waals surface area contributed by atoms with E-state index in [0.29, 0.717) is 31.1 Å². The predicted octanol–water partition coefficient (Wildman–Crippen LogP) is 1.73. The van der Waals surface area contributed by atoms with E-state index in [2.05, 4.69) is 10.2 Å². The van der Waals surface area contributed by atoms with E-state index >= 15 is 0 Å². The Morgan fingerprint density at radius 3 is 2.33 bits per heavy atom. The van der Waals surface area contributed by atoms with E-state index in [0.717, 1.165) is 30.3 Å². The van der Waals surface area contributed by atoms with E-state index in [1.54, 1.807) is 36.3 Å². The Labute approximate surface area is 192 Å². The van der Waals surface area contributed by atoms with Gasteiger partial charge in [0.25, 0.3) is 5.91 Å². The highest BCUT2D eigenvalue weighted by molar-refractivity contribution is 6.22. The van der Waals surface area contributed by atoms with Gasteiger partial charge in [0.05, 0.1) is 19.2 Å². The van der Waals surface area contributed by atoms with Gasteiger partial charge in [0.2, 0.25) is 5.91 Å². The van der Waals surface area contributed by atoms with Crippen LogP contribution in [0.3, 0.4) is 0 Å². The molecule has 0 radical (unpaired) electrons. The summed E-state index contributed by atoms with van der Waals surface area (Å²) in [6.07, 6.45) is -0.0473. The summed E-state index contributed by atoms with van der Waals surface area (Å²) in [6, 6.07) is 14.9. The minimum absolute atomic E-state index is 0.0473. The summed E-state index contributed by atoms with van der Waals surface area (Å²) in [5.41, 5.74) is 0.444. The van der Waals surface area contributed by atoms with Gasteiger partial charge in [0.1, 0.15) is 24.1 Å². The van der Waals surface area contributed by atoms with E-state index in [-0.39, 0.29) is 12.3 Å². The van der Waals surface area contributed by atoms with Gasteiger partial charge in [-0.2, -0.15) is 0 Å². The number of hydrogen-bond acceptors (Lipinski definition) is 6. The lowest BCUT2D eigenvalue weighted by Crippen LogP contribution is -2.50. The van der Waals surface area contributed by atoms with Gasteiger partial charge in [0.15, 0.2) is 0 Å². The Hall–Kier alpha value is -3.59. The van der Waals surface area contributed by atoms with Gasteiger partial charge in [-0.1, -0.05) is 18.2 Å². The minimum atomic E-state index is -0.857. The van der Waals surface area contributed by atoms with Crippen LogP contribution in [0.15, 0.2) is 54.6 Å². The van der Waals surface area contributed by atoms with Gasteiger partial charge in [-0.05, 0) is 36.4 Å². The zero-order valence-corrected chi connectivity index (χ0v) is 18.6. The molecule has 2 fully saturated rings. The zero-order chi connectivity index (χ0) is 23.2. The van der Waals surface area contributed by atoms with Gasteiger partial charge < -0.3 is 19.7 Å². The van der Waals surface area contributed by atoms with Gasteiger partial charge in [-0.25, -0.2) is 9.69 Å². The average molecular weight is 453 g/mol. The molecule has 0 bridgehead atoms. The standard InChI is InChI=1S/C24H28N4O5/c1-32-19-9-7-18(8-10-19)28-23(30)21(25-24(28)31)17-22(29)27-13-11-26(12-14-27)15-16-33-20-5-3-2-4-6-20/h2-10,21H,11-17H2,1H3,(H,25,31)/t21-/m1/s1. The molecule has 4 rings (SSSR count). The number of piperazine rings is 1. The maximum absolute atomic E-state index is 12.8. The van der Waals surface area contributed by atoms with Crippen molar-refractivity contribution >= 4 is 23.5 Å². The van der Waals surface area contributed by atoms with Crippen LogP contribution in [0.4, 0.5) is 10.5 Å². The topological polar surface area (TPSA) is 91.4 Å². The molecular formula is C24H28N4O5. The van der Waals surface area contributed by atoms with Crippen molar-refractivity contribution in [2.45, 2.75) is 12.5 Å². The van der Waals surface area contributed by atoms with Crippen molar-refractivity contribution < 1.29 is 23.9 Å². The summed E-state index contributed by atoms with van der Waals surface area (Å²) in [7, 11) is 1.54. The lowest BCUT2D eigenvalue weighted by Gasteiger charge is -2.35. The first kappa shape index (κ1) is 22.6. The Balaban J connectivity index is 1.23. The van der Waals surface area contributed by atoms with E-state index in [4.69, 9.17) is 9.47 Å². The van der Waals surface area contributed by atoms with Crippen LogP contribution in [0.5, 0.6) is 11.5 Å². The Morgan fingerprint density at radius 1 is 0.970 bits per heavy atom. The highest BCUT2D eigenvalue weighted by Gasteiger charge is 2.40. The Kier molecular flexibility index (Phi) is 7.09. The molecule has 2 saturated heterocycles. The molecule has 1 atom stereocenters. The largest absolute Gasteiger partial charge is 0.497 e. The molecule has 1 N–H and O–H groups in total. The molecule has 2 aromatic carbocycles. The second-order valence-electron chi connectivity index (χ2n) is 7.96. The summed E-state index contributed by atoms with van der Waals surface area (Å²) >= 11 is 0. The molecule has 2 aliphatic heterocycles. The number of para-hydroxylation sites is 1. The van der Waals surface area contributed by atoms with Crippen LogP contribution < -0.4 is 19.7 Å². The number of anilines is 1. The van der Waals surface area contributed by atoms with Crippen molar-refractivity contribution in [3.63, 3.8) is 0 Å². The third-order valence-corrected chi connectivity index (χ3v) is 5.87.